The highest BCUT2D eigenvalue weighted by molar-refractivity contribution is 7.88. The second-order valence-corrected chi connectivity index (χ2v) is 5.38. The molecule has 0 N–H and O–H groups in total. The lowest BCUT2D eigenvalue weighted by molar-refractivity contribution is -0.0499. The number of halogens is 3. The van der Waals surface area contributed by atoms with Crippen molar-refractivity contribution in [1.82, 2.24) is 0 Å². The Balaban J connectivity index is 2.63. The second kappa shape index (κ2) is 4.42. The van der Waals surface area contributed by atoms with Gasteiger partial charge in [0.1, 0.15) is 11.3 Å². The summed E-state index contributed by atoms with van der Waals surface area (Å²) < 4.78 is 68.2. The molecule has 0 amide bonds. The van der Waals surface area contributed by atoms with Gasteiger partial charge in [0.05, 0.1) is 17.0 Å². The molecule has 1 aromatic carbocycles. The summed E-state index contributed by atoms with van der Waals surface area (Å²) in [6, 6.07) is 5.17. The van der Waals surface area contributed by atoms with E-state index < -0.39 is 21.4 Å². The molecule has 0 bridgehead atoms. The maximum Gasteiger partial charge on any atom is 0.534 e. The molecule has 1 heterocycles. The highest BCUT2D eigenvalue weighted by Gasteiger charge is 2.48. The van der Waals surface area contributed by atoms with Crippen molar-refractivity contribution in [3.8, 4) is 11.8 Å². The lowest BCUT2D eigenvalue weighted by Crippen LogP contribution is -2.28. The Kier molecular flexibility index (Phi) is 3.14. The van der Waals surface area contributed by atoms with E-state index in [0.717, 1.165) is 6.07 Å². The zero-order valence-corrected chi connectivity index (χ0v) is 10.7. The Hall–Kier alpha value is -2.21. The SMILES string of the molecule is Cc1cc2c(OS(=O)(=O)C(F)(F)F)cc(C#N)cc2o1. The van der Waals surface area contributed by atoms with Gasteiger partial charge in [-0.3, -0.25) is 0 Å². The van der Waals surface area contributed by atoms with Gasteiger partial charge in [0.2, 0.25) is 0 Å². The van der Waals surface area contributed by atoms with Crippen molar-refractivity contribution in [3.63, 3.8) is 0 Å². The smallest absolute Gasteiger partial charge is 0.461 e. The molecular formula is C11H6F3NO4S. The van der Waals surface area contributed by atoms with E-state index >= 15 is 0 Å². The van der Waals surface area contributed by atoms with Gasteiger partial charge in [0.15, 0.2) is 5.75 Å². The van der Waals surface area contributed by atoms with Crippen molar-refractivity contribution in [2.24, 2.45) is 0 Å². The number of nitrogens with zero attached hydrogens (tertiary/aromatic N) is 1. The predicted molar refractivity (Wildman–Crippen MR) is 61.3 cm³/mol. The van der Waals surface area contributed by atoms with E-state index in [0.29, 0.717) is 5.76 Å². The Morgan fingerprint density at radius 1 is 1.30 bits per heavy atom. The van der Waals surface area contributed by atoms with Gasteiger partial charge < -0.3 is 8.60 Å². The number of hydrogen-bond acceptors (Lipinski definition) is 5. The summed E-state index contributed by atoms with van der Waals surface area (Å²) in [6.07, 6.45) is 0. The molecule has 0 atom stereocenters. The quantitative estimate of drug-likeness (QED) is 0.629. The molecule has 0 saturated heterocycles. The molecular weight excluding hydrogens is 299 g/mol. The molecule has 20 heavy (non-hydrogen) atoms. The fourth-order valence-electron chi connectivity index (χ4n) is 1.53. The van der Waals surface area contributed by atoms with Crippen LogP contribution in [0.4, 0.5) is 13.2 Å². The van der Waals surface area contributed by atoms with E-state index in [1.807, 2.05) is 0 Å². The third-order valence-corrected chi connectivity index (χ3v) is 3.30. The fourth-order valence-corrected chi connectivity index (χ4v) is 2.00. The van der Waals surface area contributed by atoms with E-state index in [4.69, 9.17) is 9.68 Å². The van der Waals surface area contributed by atoms with E-state index in [-0.39, 0.29) is 16.5 Å². The maximum absolute atomic E-state index is 12.3. The van der Waals surface area contributed by atoms with Crippen LogP contribution in [-0.4, -0.2) is 13.9 Å². The number of fused-ring (bicyclic) bond motifs is 1. The Morgan fingerprint density at radius 3 is 2.50 bits per heavy atom. The van der Waals surface area contributed by atoms with Crippen molar-refractivity contribution >= 4 is 21.1 Å². The minimum Gasteiger partial charge on any atom is -0.461 e. The first-order valence-corrected chi connectivity index (χ1v) is 6.50. The minimum atomic E-state index is -5.81. The summed E-state index contributed by atoms with van der Waals surface area (Å²) in [5.41, 5.74) is -5.58. The van der Waals surface area contributed by atoms with E-state index in [2.05, 4.69) is 4.18 Å². The molecule has 0 aliphatic carbocycles. The number of aryl methyl sites for hydroxylation is 1. The van der Waals surface area contributed by atoms with E-state index in [1.54, 1.807) is 6.07 Å². The number of rotatable bonds is 2. The normalized spacial score (nSPS) is 12.3. The molecule has 9 heteroatoms. The number of alkyl halides is 3. The van der Waals surface area contributed by atoms with Crippen LogP contribution < -0.4 is 4.18 Å². The van der Waals surface area contributed by atoms with Crippen LogP contribution in [0.25, 0.3) is 11.0 Å². The summed E-state index contributed by atoms with van der Waals surface area (Å²) in [6.45, 7) is 1.52. The topological polar surface area (TPSA) is 80.3 Å². The predicted octanol–water partition coefficient (Wildman–Crippen LogP) is 2.84. The number of furan rings is 1. The fraction of sp³-hybridized carbons (Fsp3) is 0.182. The van der Waals surface area contributed by atoms with Crippen molar-refractivity contribution in [2.45, 2.75) is 12.4 Å². The molecule has 2 rings (SSSR count). The first-order valence-electron chi connectivity index (χ1n) is 5.09. The van der Waals surface area contributed by atoms with Crippen LogP contribution in [0.3, 0.4) is 0 Å². The monoisotopic (exact) mass is 305 g/mol. The maximum atomic E-state index is 12.3. The molecule has 0 unspecified atom stereocenters. The third kappa shape index (κ3) is 2.42. The van der Waals surface area contributed by atoms with Crippen LogP contribution in [0.5, 0.6) is 5.75 Å². The molecule has 1 aromatic heterocycles. The molecule has 106 valence electrons. The van der Waals surface area contributed by atoms with Crippen LogP contribution in [0.2, 0.25) is 0 Å². The average Bonchev–Trinajstić information content (AvgIpc) is 2.67. The Bertz CT molecular complexity index is 815. The summed E-state index contributed by atoms with van der Waals surface area (Å²) in [5.74, 6) is -0.266. The largest absolute Gasteiger partial charge is 0.534 e. The molecule has 0 aliphatic heterocycles. The van der Waals surface area contributed by atoms with Gasteiger partial charge in [-0.15, -0.1) is 0 Å². The van der Waals surface area contributed by atoms with Crippen LogP contribution in [0.1, 0.15) is 11.3 Å². The zero-order valence-electron chi connectivity index (χ0n) is 9.85. The van der Waals surface area contributed by atoms with Crippen molar-refractivity contribution in [1.29, 1.82) is 5.26 Å². The Morgan fingerprint density at radius 2 is 1.95 bits per heavy atom. The summed E-state index contributed by atoms with van der Waals surface area (Å²) in [5, 5.41) is 8.80. The molecule has 0 saturated carbocycles. The van der Waals surface area contributed by atoms with Crippen molar-refractivity contribution < 1.29 is 30.2 Å². The van der Waals surface area contributed by atoms with Gasteiger partial charge in [0.25, 0.3) is 0 Å². The van der Waals surface area contributed by atoms with Crippen molar-refractivity contribution in [2.75, 3.05) is 0 Å². The zero-order chi connectivity index (χ0) is 15.1. The molecule has 5 nitrogen and oxygen atoms in total. The van der Waals surface area contributed by atoms with Crippen LogP contribution >= 0.6 is 0 Å². The van der Waals surface area contributed by atoms with E-state index in [9.17, 15) is 21.6 Å². The van der Waals surface area contributed by atoms with Crippen LogP contribution in [0.15, 0.2) is 22.6 Å². The minimum absolute atomic E-state index is 0.0364. The number of nitriles is 1. The first kappa shape index (κ1) is 14.2. The number of benzene rings is 1. The molecule has 2 aromatic rings. The second-order valence-electron chi connectivity index (χ2n) is 3.84. The molecule has 0 spiro atoms. The van der Waals surface area contributed by atoms with Gasteiger partial charge in [0, 0.05) is 6.07 Å². The average molecular weight is 305 g/mol. The molecule has 0 aliphatic rings. The lowest BCUT2D eigenvalue weighted by atomic mass is 10.1. The molecule has 0 radical (unpaired) electrons. The van der Waals surface area contributed by atoms with Gasteiger partial charge in [-0.2, -0.15) is 26.9 Å². The Labute approximate surface area is 111 Å². The van der Waals surface area contributed by atoms with Gasteiger partial charge in [-0.1, -0.05) is 0 Å². The highest BCUT2D eigenvalue weighted by Crippen LogP contribution is 2.34. The standard InChI is InChI=1S/C11H6F3NO4S/c1-6-2-8-9(18-6)3-7(5-15)4-10(8)19-20(16,17)11(12,13)14/h2-4H,1H3. The van der Waals surface area contributed by atoms with Gasteiger partial charge in [-0.05, 0) is 19.1 Å². The first-order chi connectivity index (χ1) is 9.14. The van der Waals surface area contributed by atoms with Crippen LogP contribution in [0, 0.1) is 18.3 Å². The van der Waals surface area contributed by atoms with Crippen LogP contribution in [-0.2, 0) is 10.1 Å². The molecule has 0 fully saturated rings. The van der Waals surface area contributed by atoms with E-state index in [1.165, 1.54) is 19.1 Å². The summed E-state index contributed by atoms with van der Waals surface area (Å²) in [4.78, 5) is 0. The summed E-state index contributed by atoms with van der Waals surface area (Å²) in [7, 11) is -5.81. The van der Waals surface area contributed by atoms with Crippen molar-refractivity contribution in [3.05, 3.63) is 29.5 Å². The summed E-state index contributed by atoms with van der Waals surface area (Å²) >= 11 is 0. The lowest BCUT2D eigenvalue weighted by Gasteiger charge is -2.10. The van der Waals surface area contributed by atoms with Gasteiger partial charge >= 0.3 is 15.6 Å². The number of hydrogen-bond donors (Lipinski definition) is 0. The highest BCUT2D eigenvalue weighted by atomic mass is 32.2. The third-order valence-electron chi connectivity index (χ3n) is 2.33. The van der Waals surface area contributed by atoms with Gasteiger partial charge in [-0.25, -0.2) is 0 Å².